The number of fused-ring (bicyclic) bond motifs is 1. The van der Waals surface area contributed by atoms with E-state index in [9.17, 15) is 9.90 Å². The molecule has 1 aliphatic heterocycles. The fourth-order valence-electron chi connectivity index (χ4n) is 4.70. The summed E-state index contributed by atoms with van der Waals surface area (Å²) in [6.45, 7) is 10.5. The van der Waals surface area contributed by atoms with Crippen molar-refractivity contribution >= 4 is 22.9 Å². The highest BCUT2D eigenvalue weighted by Crippen LogP contribution is 2.48. The van der Waals surface area contributed by atoms with Crippen molar-refractivity contribution in [3.63, 3.8) is 0 Å². The number of aromatic nitrogens is 1. The van der Waals surface area contributed by atoms with Crippen molar-refractivity contribution < 1.29 is 24.1 Å². The van der Waals surface area contributed by atoms with Gasteiger partial charge in [-0.2, -0.15) is 0 Å². The topological polar surface area (TPSA) is 77.9 Å². The Kier molecular flexibility index (Phi) is 6.91. The van der Waals surface area contributed by atoms with Crippen molar-refractivity contribution in [1.29, 1.82) is 0 Å². The van der Waals surface area contributed by atoms with Gasteiger partial charge in [-0.25, -0.2) is 9.78 Å². The predicted molar refractivity (Wildman–Crippen MR) is 135 cm³/mol. The number of hydrogen-bond acceptors (Lipinski definition) is 6. The van der Waals surface area contributed by atoms with Gasteiger partial charge in [0.15, 0.2) is 6.10 Å². The number of pyridine rings is 1. The van der Waals surface area contributed by atoms with E-state index in [1.807, 2.05) is 33.9 Å². The van der Waals surface area contributed by atoms with Crippen LogP contribution in [0.5, 0.6) is 5.88 Å². The SMILES string of the molecule is COC1(C)CC=C(c2c(-c3cnc4c(c3)CCCO4)sc(C)c2C(OC(C)(C)C)C(=O)O)CC1. The molecule has 1 aliphatic carbocycles. The number of allylic oxidation sites excluding steroid dienone is 1. The van der Waals surface area contributed by atoms with Crippen molar-refractivity contribution in [2.45, 2.75) is 84.0 Å². The molecule has 34 heavy (non-hydrogen) atoms. The van der Waals surface area contributed by atoms with Crippen LogP contribution >= 0.6 is 11.3 Å². The molecule has 6 nitrogen and oxygen atoms in total. The normalized spacial score (nSPS) is 21.4. The molecule has 2 aliphatic rings. The first-order valence-corrected chi connectivity index (χ1v) is 12.7. The maximum absolute atomic E-state index is 12.5. The third-order valence-corrected chi connectivity index (χ3v) is 7.79. The van der Waals surface area contributed by atoms with Gasteiger partial charge in [-0.05, 0) is 78.4 Å². The zero-order valence-electron chi connectivity index (χ0n) is 21.0. The van der Waals surface area contributed by atoms with Crippen LogP contribution in [0.2, 0.25) is 0 Å². The molecule has 2 atom stereocenters. The van der Waals surface area contributed by atoms with Gasteiger partial charge >= 0.3 is 5.97 Å². The maximum Gasteiger partial charge on any atom is 0.337 e. The van der Waals surface area contributed by atoms with Crippen LogP contribution in [-0.4, -0.2) is 41.0 Å². The summed E-state index contributed by atoms with van der Waals surface area (Å²) >= 11 is 1.62. The van der Waals surface area contributed by atoms with E-state index >= 15 is 0 Å². The number of thiophene rings is 1. The van der Waals surface area contributed by atoms with E-state index in [0.29, 0.717) is 12.5 Å². The smallest absolute Gasteiger partial charge is 0.337 e. The molecule has 0 fully saturated rings. The number of aliphatic carboxylic acids is 1. The van der Waals surface area contributed by atoms with Gasteiger partial charge in [0.25, 0.3) is 0 Å². The van der Waals surface area contributed by atoms with E-state index in [4.69, 9.17) is 14.2 Å². The molecular formula is C27H35NO5S. The number of carboxylic acid groups (broad SMARTS) is 1. The van der Waals surface area contributed by atoms with Gasteiger partial charge in [0.2, 0.25) is 5.88 Å². The molecule has 0 amide bonds. The van der Waals surface area contributed by atoms with E-state index in [0.717, 1.165) is 69.7 Å². The van der Waals surface area contributed by atoms with Crippen molar-refractivity contribution in [1.82, 2.24) is 4.98 Å². The van der Waals surface area contributed by atoms with E-state index in [1.54, 1.807) is 18.4 Å². The van der Waals surface area contributed by atoms with Crippen LogP contribution in [0.3, 0.4) is 0 Å². The van der Waals surface area contributed by atoms with Crippen LogP contribution in [0.15, 0.2) is 18.3 Å². The molecule has 0 spiro atoms. The number of aryl methyl sites for hydroxylation is 2. The number of methoxy groups -OCH3 is 1. The van der Waals surface area contributed by atoms with Crippen molar-refractivity contribution in [3.05, 3.63) is 39.9 Å². The molecule has 1 N–H and O–H groups in total. The lowest BCUT2D eigenvalue weighted by molar-refractivity contribution is -0.160. The second kappa shape index (κ2) is 9.44. The van der Waals surface area contributed by atoms with E-state index < -0.39 is 17.7 Å². The van der Waals surface area contributed by atoms with Crippen LogP contribution in [0.1, 0.15) is 81.0 Å². The third kappa shape index (κ3) is 5.07. The molecule has 184 valence electrons. The highest BCUT2D eigenvalue weighted by molar-refractivity contribution is 7.16. The largest absolute Gasteiger partial charge is 0.479 e. The zero-order valence-corrected chi connectivity index (χ0v) is 21.8. The lowest BCUT2D eigenvalue weighted by atomic mass is 9.82. The number of rotatable bonds is 6. The molecule has 0 radical (unpaired) electrons. The lowest BCUT2D eigenvalue weighted by Crippen LogP contribution is -2.30. The van der Waals surface area contributed by atoms with Crippen molar-refractivity contribution in [3.8, 4) is 16.3 Å². The Morgan fingerprint density at radius 2 is 2.09 bits per heavy atom. The van der Waals surface area contributed by atoms with Crippen LogP contribution in [0.25, 0.3) is 16.0 Å². The minimum atomic E-state index is -1.05. The second-order valence-electron chi connectivity index (χ2n) is 10.5. The van der Waals surface area contributed by atoms with Crippen LogP contribution < -0.4 is 4.74 Å². The average Bonchev–Trinajstić information content (AvgIpc) is 3.13. The molecule has 0 aromatic carbocycles. The Balaban J connectivity index is 1.89. The molecule has 2 aromatic rings. The number of ether oxygens (including phenoxy) is 3. The summed E-state index contributed by atoms with van der Waals surface area (Å²) in [7, 11) is 1.75. The van der Waals surface area contributed by atoms with Gasteiger partial charge in [0, 0.05) is 45.3 Å². The zero-order chi connectivity index (χ0) is 24.7. The summed E-state index contributed by atoms with van der Waals surface area (Å²) in [5.74, 6) is -0.268. The minimum Gasteiger partial charge on any atom is -0.479 e. The van der Waals surface area contributed by atoms with Gasteiger partial charge in [-0.15, -0.1) is 11.3 Å². The molecule has 3 heterocycles. The lowest BCUT2D eigenvalue weighted by Gasteiger charge is -2.32. The number of carbonyl (C=O) groups is 1. The van der Waals surface area contributed by atoms with Gasteiger partial charge in [0.05, 0.1) is 17.8 Å². The number of carboxylic acids is 1. The van der Waals surface area contributed by atoms with Gasteiger partial charge in [-0.1, -0.05) is 6.08 Å². The first-order valence-electron chi connectivity index (χ1n) is 11.9. The van der Waals surface area contributed by atoms with E-state index in [2.05, 4.69) is 24.1 Å². The summed E-state index contributed by atoms with van der Waals surface area (Å²) in [4.78, 5) is 19.1. The molecule has 0 saturated heterocycles. The summed E-state index contributed by atoms with van der Waals surface area (Å²) in [6, 6.07) is 2.16. The average molecular weight is 486 g/mol. The predicted octanol–water partition coefficient (Wildman–Crippen LogP) is 6.36. The summed E-state index contributed by atoms with van der Waals surface area (Å²) in [6.07, 6.45) is 7.38. The van der Waals surface area contributed by atoms with Crippen LogP contribution in [0.4, 0.5) is 0 Å². The van der Waals surface area contributed by atoms with Crippen LogP contribution in [-0.2, 0) is 20.7 Å². The number of hydrogen-bond donors (Lipinski definition) is 1. The maximum atomic E-state index is 12.5. The van der Waals surface area contributed by atoms with Gasteiger partial charge in [-0.3, -0.25) is 0 Å². The monoisotopic (exact) mass is 485 g/mol. The fourth-order valence-corrected chi connectivity index (χ4v) is 5.90. The van der Waals surface area contributed by atoms with E-state index in [1.165, 1.54) is 0 Å². The quantitative estimate of drug-likeness (QED) is 0.513. The first-order chi connectivity index (χ1) is 16.0. The Morgan fingerprint density at radius 1 is 1.32 bits per heavy atom. The van der Waals surface area contributed by atoms with Crippen molar-refractivity contribution in [2.24, 2.45) is 0 Å². The summed E-state index contributed by atoms with van der Waals surface area (Å²) in [5, 5.41) is 10.2. The molecule has 0 bridgehead atoms. The summed E-state index contributed by atoms with van der Waals surface area (Å²) < 4.78 is 17.6. The molecule has 4 rings (SSSR count). The molecular weight excluding hydrogens is 450 g/mol. The molecule has 2 aromatic heterocycles. The first kappa shape index (κ1) is 24.9. The summed E-state index contributed by atoms with van der Waals surface area (Å²) in [5.41, 5.74) is 4.19. The Bertz CT molecular complexity index is 1110. The minimum absolute atomic E-state index is 0.201. The van der Waals surface area contributed by atoms with E-state index in [-0.39, 0.29) is 5.60 Å². The molecule has 2 unspecified atom stereocenters. The Hall–Kier alpha value is -2.22. The van der Waals surface area contributed by atoms with Crippen molar-refractivity contribution in [2.75, 3.05) is 13.7 Å². The van der Waals surface area contributed by atoms with Gasteiger partial charge in [0.1, 0.15) is 0 Å². The molecule has 0 saturated carbocycles. The number of nitrogens with zero attached hydrogens (tertiary/aromatic N) is 1. The van der Waals surface area contributed by atoms with Gasteiger partial charge < -0.3 is 19.3 Å². The standard InChI is InChI=1S/C27H35NO5S/c1-16-20(22(25(29)30)33-26(2,3)4)21(17-9-11-27(5,31-6)12-10-17)23(34-16)19-14-18-8-7-13-32-24(18)28-15-19/h9,14-15,22H,7-8,10-13H2,1-6H3,(H,29,30). The second-order valence-corrected chi connectivity index (χ2v) is 11.7. The Morgan fingerprint density at radius 3 is 2.71 bits per heavy atom. The molecule has 7 heteroatoms. The fraction of sp³-hybridized carbons (Fsp3) is 0.556. The Labute approximate surface area is 206 Å². The third-order valence-electron chi connectivity index (χ3n) is 6.62. The highest BCUT2D eigenvalue weighted by atomic mass is 32.1. The highest BCUT2D eigenvalue weighted by Gasteiger charge is 2.36. The van der Waals surface area contributed by atoms with Crippen LogP contribution in [0, 0.1) is 6.92 Å².